The van der Waals surface area contributed by atoms with E-state index in [1.807, 2.05) is 38.1 Å². The van der Waals surface area contributed by atoms with Gasteiger partial charge in [-0.15, -0.1) is 11.3 Å². The summed E-state index contributed by atoms with van der Waals surface area (Å²) in [6.07, 6.45) is 0.885. The van der Waals surface area contributed by atoms with Crippen molar-refractivity contribution in [2.45, 2.75) is 33.2 Å². The van der Waals surface area contributed by atoms with Gasteiger partial charge < -0.3 is 5.32 Å². The lowest BCUT2D eigenvalue weighted by Crippen LogP contribution is -2.34. The summed E-state index contributed by atoms with van der Waals surface area (Å²) >= 11 is 1.79. The van der Waals surface area contributed by atoms with Crippen LogP contribution in [0.3, 0.4) is 0 Å². The quantitative estimate of drug-likeness (QED) is 0.903. The van der Waals surface area contributed by atoms with Gasteiger partial charge in [0.15, 0.2) is 0 Å². The topological polar surface area (TPSA) is 29.1 Å². The van der Waals surface area contributed by atoms with Crippen molar-refractivity contribution in [3.8, 4) is 0 Å². The lowest BCUT2D eigenvalue weighted by atomic mass is 10.1. The molecule has 2 nitrogen and oxygen atoms in total. The summed E-state index contributed by atoms with van der Waals surface area (Å²) in [6, 6.07) is 12.1. The molecule has 0 aliphatic heterocycles. The highest BCUT2D eigenvalue weighted by Crippen LogP contribution is 2.17. The van der Waals surface area contributed by atoms with Crippen LogP contribution in [0.5, 0.6) is 0 Å². The molecule has 0 aliphatic carbocycles. The monoisotopic (exact) mass is 273 g/mol. The van der Waals surface area contributed by atoms with Crippen molar-refractivity contribution in [1.29, 1.82) is 0 Å². The third kappa shape index (κ3) is 3.67. The van der Waals surface area contributed by atoms with Crippen molar-refractivity contribution in [2.24, 2.45) is 0 Å². The Hall–Kier alpha value is -1.61. The first kappa shape index (κ1) is 13.8. The maximum atomic E-state index is 12.2. The van der Waals surface area contributed by atoms with E-state index in [1.54, 1.807) is 11.3 Å². The fourth-order valence-corrected chi connectivity index (χ4v) is 3.10. The van der Waals surface area contributed by atoms with E-state index in [9.17, 15) is 4.79 Å². The molecule has 0 spiro atoms. The van der Waals surface area contributed by atoms with Gasteiger partial charge in [0.2, 0.25) is 0 Å². The molecule has 1 amide bonds. The number of thiophene rings is 1. The van der Waals surface area contributed by atoms with Crippen molar-refractivity contribution >= 4 is 17.2 Å². The van der Waals surface area contributed by atoms with E-state index in [0.717, 1.165) is 17.5 Å². The summed E-state index contributed by atoms with van der Waals surface area (Å²) in [5, 5.41) is 3.06. The Bertz CT molecular complexity index is 574. The number of nitrogens with one attached hydrogen (secondary N) is 1. The number of hydrogen-bond donors (Lipinski definition) is 1. The summed E-state index contributed by atoms with van der Waals surface area (Å²) < 4.78 is 0. The van der Waals surface area contributed by atoms with Gasteiger partial charge in [-0.2, -0.15) is 0 Å². The summed E-state index contributed by atoms with van der Waals surface area (Å²) in [5.74, 6) is 0.0129. The minimum Gasteiger partial charge on any atom is -0.349 e. The second-order valence-corrected chi connectivity index (χ2v) is 6.28. The Kier molecular flexibility index (Phi) is 4.38. The first-order valence-corrected chi connectivity index (χ1v) is 7.29. The average molecular weight is 273 g/mol. The Morgan fingerprint density at radius 2 is 1.95 bits per heavy atom. The number of aryl methyl sites for hydroxylation is 2. The van der Waals surface area contributed by atoms with E-state index in [4.69, 9.17) is 0 Å². The molecule has 1 atom stereocenters. The van der Waals surface area contributed by atoms with Gasteiger partial charge in [-0.25, -0.2) is 0 Å². The number of carbonyl (C=O) groups excluding carboxylic acids is 1. The van der Waals surface area contributed by atoms with Gasteiger partial charge in [0.1, 0.15) is 0 Å². The van der Waals surface area contributed by atoms with Gasteiger partial charge in [-0.1, -0.05) is 18.2 Å². The molecular formula is C16H19NOS. The van der Waals surface area contributed by atoms with Gasteiger partial charge in [0.05, 0.1) is 0 Å². The van der Waals surface area contributed by atoms with Crippen LogP contribution < -0.4 is 5.32 Å². The molecule has 0 aliphatic rings. The Morgan fingerprint density at radius 3 is 2.58 bits per heavy atom. The zero-order valence-corrected chi connectivity index (χ0v) is 12.4. The van der Waals surface area contributed by atoms with Crippen molar-refractivity contribution in [3.63, 3.8) is 0 Å². The Labute approximate surface area is 118 Å². The zero-order chi connectivity index (χ0) is 13.8. The van der Waals surface area contributed by atoms with Crippen molar-refractivity contribution in [1.82, 2.24) is 5.32 Å². The second-order valence-electron chi connectivity index (χ2n) is 4.91. The molecule has 0 bridgehead atoms. The SMILES string of the molecule is Cc1ccc(CC(C)NC(=O)c2ccccc2C)s1. The van der Waals surface area contributed by atoms with Gasteiger partial charge in [-0.05, 0) is 44.5 Å². The molecule has 3 heteroatoms. The number of rotatable bonds is 4. The van der Waals surface area contributed by atoms with Crippen LogP contribution in [-0.4, -0.2) is 11.9 Å². The predicted molar refractivity (Wildman–Crippen MR) is 80.9 cm³/mol. The van der Waals surface area contributed by atoms with Gasteiger partial charge in [0.25, 0.3) is 5.91 Å². The normalized spacial score (nSPS) is 12.2. The van der Waals surface area contributed by atoms with Crippen LogP contribution in [0.1, 0.15) is 32.6 Å². The molecule has 1 aromatic heterocycles. The van der Waals surface area contributed by atoms with Crippen molar-refractivity contribution in [2.75, 3.05) is 0 Å². The smallest absolute Gasteiger partial charge is 0.251 e. The number of hydrogen-bond acceptors (Lipinski definition) is 2. The number of amides is 1. The Balaban J connectivity index is 1.97. The van der Waals surface area contributed by atoms with Crippen LogP contribution in [0.15, 0.2) is 36.4 Å². The molecule has 1 N–H and O–H groups in total. The molecule has 1 heterocycles. The zero-order valence-electron chi connectivity index (χ0n) is 11.6. The minimum absolute atomic E-state index is 0.0129. The molecule has 2 rings (SSSR count). The highest BCUT2D eigenvalue weighted by Gasteiger charge is 2.12. The fourth-order valence-electron chi connectivity index (χ4n) is 2.08. The van der Waals surface area contributed by atoms with E-state index < -0.39 is 0 Å². The van der Waals surface area contributed by atoms with E-state index in [1.165, 1.54) is 9.75 Å². The standard InChI is InChI=1S/C16H19NOS/c1-11-6-4-5-7-15(11)16(18)17-12(2)10-14-9-8-13(3)19-14/h4-9,12H,10H2,1-3H3,(H,17,18). The molecule has 0 saturated heterocycles. The largest absolute Gasteiger partial charge is 0.349 e. The first-order valence-electron chi connectivity index (χ1n) is 6.48. The molecule has 0 saturated carbocycles. The summed E-state index contributed by atoms with van der Waals surface area (Å²) in [6.45, 7) is 6.11. The first-order chi connectivity index (χ1) is 9.06. The number of benzene rings is 1. The third-order valence-electron chi connectivity index (χ3n) is 3.07. The van der Waals surface area contributed by atoms with E-state index >= 15 is 0 Å². The third-order valence-corrected chi connectivity index (χ3v) is 4.09. The second kappa shape index (κ2) is 6.02. The summed E-state index contributed by atoms with van der Waals surface area (Å²) in [5.41, 5.74) is 1.77. The minimum atomic E-state index is 0.0129. The van der Waals surface area contributed by atoms with Crippen LogP contribution in [-0.2, 0) is 6.42 Å². The van der Waals surface area contributed by atoms with Gasteiger partial charge in [-0.3, -0.25) is 4.79 Å². The van der Waals surface area contributed by atoms with E-state index in [2.05, 4.69) is 24.4 Å². The van der Waals surface area contributed by atoms with Crippen molar-refractivity contribution < 1.29 is 4.79 Å². The molecule has 0 radical (unpaired) electrons. The van der Waals surface area contributed by atoms with Crippen LogP contribution in [0, 0.1) is 13.8 Å². The molecular weight excluding hydrogens is 254 g/mol. The van der Waals surface area contributed by atoms with Crippen LogP contribution in [0.2, 0.25) is 0 Å². The molecule has 1 unspecified atom stereocenters. The van der Waals surface area contributed by atoms with Gasteiger partial charge >= 0.3 is 0 Å². The molecule has 0 fully saturated rings. The lowest BCUT2D eigenvalue weighted by molar-refractivity contribution is 0.0939. The van der Waals surface area contributed by atoms with E-state index in [-0.39, 0.29) is 11.9 Å². The van der Waals surface area contributed by atoms with E-state index in [0.29, 0.717) is 0 Å². The van der Waals surface area contributed by atoms with Gasteiger partial charge in [0, 0.05) is 27.8 Å². The lowest BCUT2D eigenvalue weighted by Gasteiger charge is -2.14. The molecule has 19 heavy (non-hydrogen) atoms. The summed E-state index contributed by atoms with van der Waals surface area (Å²) in [4.78, 5) is 14.8. The average Bonchev–Trinajstić information content (AvgIpc) is 2.74. The van der Waals surface area contributed by atoms with Crippen molar-refractivity contribution in [3.05, 3.63) is 57.3 Å². The van der Waals surface area contributed by atoms with Crippen LogP contribution in [0.25, 0.3) is 0 Å². The summed E-state index contributed by atoms with van der Waals surface area (Å²) in [7, 11) is 0. The highest BCUT2D eigenvalue weighted by atomic mass is 32.1. The maximum Gasteiger partial charge on any atom is 0.251 e. The van der Waals surface area contributed by atoms with Crippen LogP contribution in [0.4, 0.5) is 0 Å². The molecule has 2 aromatic rings. The van der Waals surface area contributed by atoms with Crippen LogP contribution >= 0.6 is 11.3 Å². The number of carbonyl (C=O) groups is 1. The molecule has 100 valence electrons. The maximum absolute atomic E-state index is 12.2. The highest BCUT2D eigenvalue weighted by molar-refractivity contribution is 7.11. The predicted octanol–water partition coefficient (Wildman–Crippen LogP) is 3.73. The Morgan fingerprint density at radius 1 is 1.21 bits per heavy atom. The molecule has 1 aromatic carbocycles. The fraction of sp³-hybridized carbons (Fsp3) is 0.312.